The topological polar surface area (TPSA) is 43.8 Å². The molecule has 0 radical (unpaired) electrons. The van der Waals surface area contributed by atoms with Crippen LogP contribution < -0.4 is 5.73 Å². The molecule has 0 unspecified atom stereocenters. The van der Waals surface area contributed by atoms with Crippen molar-refractivity contribution < 1.29 is 0 Å². The van der Waals surface area contributed by atoms with Crippen LogP contribution in [0.25, 0.3) is 0 Å². The van der Waals surface area contributed by atoms with Gasteiger partial charge in [0.05, 0.1) is 12.0 Å². The Bertz CT molecular complexity index is 235. The lowest BCUT2D eigenvalue weighted by molar-refractivity contribution is 0.636. The molecule has 0 aliphatic heterocycles. The van der Waals surface area contributed by atoms with Crippen LogP contribution in [0.1, 0.15) is 17.8 Å². The van der Waals surface area contributed by atoms with Gasteiger partial charge in [-0.25, -0.2) is 4.98 Å². The Morgan fingerprint density at radius 2 is 2.00 bits per heavy atom. The first-order valence-electron chi connectivity index (χ1n) is 3.94. The molecule has 0 amide bonds. The maximum atomic E-state index is 5.40. The number of rotatable bonds is 3. The molecule has 3 nitrogen and oxygen atoms in total. The molecule has 0 aliphatic rings. The van der Waals surface area contributed by atoms with Crippen molar-refractivity contribution in [3.63, 3.8) is 0 Å². The van der Waals surface area contributed by atoms with Crippen LogP contribution >= 0.6 is 24.8 Å². The van der Waals surface area contributed by atoms with Crippen LogP contribution in [0, 0.1) is 13.8 Å². The van der Waals surface area contributed by atoms with Crippen molar-refractivity contribution in [1.29, 1.82) is 0 Å². The van der Waals surface area contributed by atoms with Crippen LogP contribution in [0.5, 0.6) is 0 Å². The van der Waals surface area contributed by atoms with Gasteiger partial charge in [0.2, 0.25) is 0 Å². The summed E-state index contributed by atoms with van der Waals surface area (Å²) in [6.07, 6.45) is 2.90. The highest BCUT2D eigenvalue weighted by Gasteiger charge is 1.99. The number of hydrogen-bond donors (Lipinski definition) is 1. The van der Waals surface area contributed by atoms with E-state index in [1.165, 1.54) is 5.69 Å². The van der Waals surface area contributed by atoms with Crippen molar-refractivity contribution in [2.45, 2.75) is 26.8 Å². The largest absolute Gasteiger partial charge is 0.335 e. The second kappa shape index (κ2) is 7.18. The smallest absolute Gasteiger partial charge is 0.0951 e. The van der Waals surface area contributed by atoms with Crippen molar-refractivity contribution in [2.24, 2.45) is 5.73 Å². The number of nitrogens with zero attached hydrogens (tertiary/aromatic N) is 2. The van der Waals surface area contributed by atoms with Crippen molar-refractivity contribution in [2.75, 3.05) is 6.54 Å². The van der Waals surface area contributed by atoms with Crippen molar-refractivity contribution >= 4 is 24.8 Å². The maximum Gasteiger partial charge on any atom is 0.0951 e. The third-order valence-corrected chi connectivity index (χ3v) is 1.95. The predicted octanol–water partition coefficient (Wildman–Crippen LogP) is 1.69. The second-order valence-corrected chi connectivity index (χ2v) is 2.75. The molecule has 2 N–H and O–H groups in total. The Kier molecular flexibility index (Phi) is 8.42. The first-order valence-corrected chi connectivity index (χ1v) is 3.94. The summed E-state index contributed by atoms with van der Waals surface area (Å²) in [6, 6.07) is 0. The van der Waals surface area contributed by atoms with Gasteiger partial charge < -0.3 is 10.3 Å². The third kappa shape index (κ3) is 3.98. The molecule has 0 fully saturated rings. The van der Waals surface area contributed by atoms with Gasteiger partial charge in [0.1, 0.15) is 0 Å². The van der Waals surface area contributed by atoms with Crippen LogP contribution in [0.4, 0.5) is 0 Å². The van der Waals surface area contributed by atoms with Crippen LogP contribution in [0.2, 0.25) is 0 Å². The van der Waals surface area contributed by atoms with E-state index in [0.29, 0.717) is 0 Å². The number of imidazole rings is 1. The van der Waals surface area contributed by atoms with Gasteiger partial charge in [-0.05, 0) is 26.8 Å². The zero-order chi connectivity index (χ0) is 8.27. The quantitative estimate of drug-likeness (QED) is 0.852. The Morgan fingerprint density at radius 1 is 1.38 bits per heavy atom. The molecule has 78 valence electrons. The highest BCUT2D eigenvalue weighted by atomic mass is 35.5. The Morgan fingerprint density at radius 3 is 2.38 bits per heavy atom. The lowest BCUT2D eigenvalue weighted by Gasteiger charge is -2.02. The average molecular weight is 226 g/mol. The van der Waals surface area contributed by atoms with Gasteiger partial charge in [0, 0.05) is 12.2 Å². The monoisotopic (exact) mass is 225 g/mol. The number of aromatic nitrogens is 2. The van der Waals surface area contributed by atoms with E-state index in [1.807, 2.05) is 13.3 Å². The molecular weight excluding hydrogens is 209 g/mol. The van der Waals surface area contributed by atoms with Crippen LogP contribution in [-0.2, 0) is 6.54 Å². The fraction of sp³-hybridized carbons (Fsp3) is 0.625. The second-order valence-electron chi connectivity index (χ2n) is 2.75. The normalized spacial score (nSPS) is 8.85. The molecule has 0 bridgehead atoms. The molecule has 5 heteroatoms. The minimum atomic E-state index is 0. The molecule has 0 saturated carbocycles. The van der Waals surface area contributed by atoms with Crippen molar-refractivity contribution in [1.82, 2.24) is 9.55 Å². The first kappa shape index (κ1) is 15.2. The van der Waals surface area contributed by atoms with Gasteiger partial charge in [-0.2, -0.15) is 0 Å². The fourth-order valence-electron chi connectivity index (χ4n) is 1.03. The summed E-state index contributed by atoms with van der Waals surface area (Å²) in [5.41, 5.74) is 7.76. The molecule has 0 aliphatic carbocycles. The van der Waals surface area contributed by atoms with E-state index in [4.69, 9.17) is 5.73 Å². The van der Waals surface area contributed by atoms with E-state index >= 15 is 0 Å². The Labute approximate surface area is 91.5 Å². The Hall–Kier alpha value is -0.250. The van der Waals surface area contributed by atoms with E-state index in [2.05, 4.69) is 16.5 Å². The predicted molar refractivity (Wildman–Crippen MR) is 59.9 cm³/mol. The molecule has 1 heterocycles. The van der Waals surface area contributed by atoms with Crippen molar-refractivity contribution in [3.8, 4) is 0 Å². The molecule has 1 aromatic rings. The maximum absolute atomic E-state index is 5.40. The van der Waals surface area contributed by atoms with E-state index in [0.717, 1.165) is 25.2 Å². The zero-order valence-electron chi connectivity index (χ0n) is 7.99. The molecule has 0 saturated heterocycles. The summed E-state index contributed by atoms with van der Waals surface area (Å²) in [5, 5.41) is 0. The number of nitrogens with two attached hydrogens (primary N) is 1. The SMILES string of the molecule is Cc1ncn(CCCN)c1C.Cl.Cl. The standard InChI is InChI=1S/C8H15N3.2ClH/c1-7-8(2)11(6-10-7)5-3-4-9;;/h6H,3-5,9H2,1-2H3;2*1H. The lowest BCUT2D eigenvalue weighted by Crippen LogP contribution is -2.06. The van der Waals surface area contributed by atoms with E-state index in [-0.39, 0.29) is 24.8 Å². The van der Waals surface area contributed by atoms with Crippen LogP contribution in [0.3, 0.4) is 0 Å². The molecule has 1 aromatic heterocycles. The van der Waals surface area contributed by atoms with E-state index in [1.54, 1.807) is 0 Å². The lowest BCUT2D eigenvalue weighted by atomic mass is 10.3. The Balaban J connectivity index is 0. The van der Waals surface area contributed by atoms with Gasteiger partial charge in [-0.15, -0.1) is 24.8 Å². The molecule has 13 heavy (non-hydrogen) atoms. The molecule has 0 spiro atoms. The summed E-state index contributed by atoms with van der Waals surface area (Å²) < 4.78 is 2.14. The third-order valence-electron chi connectivity index (χ3n) is 1.95. The molecule has 0 aromatic carbocycles. The molecule has 1 rings (SSSR count). The number of aryl methyl sites for hydroxylation is 2. The highest BCUT2D eigenvalue weighted by Crippen LogP contribution is 2.03. The van der Waals surface area contributed by atoms with Gasteiger partial charge in [-0.1, -0.05) is 0 Å². The van der Waals surface area contributed by atoms with Gasteiger partial charge >= 0.3 is 0 Å². The fourth-order valence-corrected chi connectivity index (χ4v) is 1.03. The molecule has 0 atom stereocenters. The summed E-state index contributed by atoms with van der Waals surface area (Å²) in [6.45, 7) is 5.84. The number of hydrogen-bond acceptors (Lipinski definition) is 2. The zero-order valence-corrected chi connectivity index (χ0v) is 9.62. The summed E-state index contributed by atoms with van der Waals surface area (Å²) >= 11 is 0. The minimum Gasteiger partial charge on any atom is -0.335 e. The van der Waals surface area contributed by atoms with E-state index < -0.39 is 0 Å². The minimum absolute atomic E-state index is 0. The summed E-state index contributed by atoms with van der Waals surface area (Å²) in [5.74, 6) is 0. The van der Waals surface area contributed by atoms with Gasteiger partial charge in [0.25, 0.3) is 0 Å². The summed E-state index contributed by atoms with van der Waals surface area (Å²) in [7, 11) is 0. The average Bonchev–Trinajstić information content (AvgIpc) is 2.31. The van der Waals surface area contributed by atoms with Gasteiger partial charge in [0.15, 0.2) is 0 Å². The number of halogens is 2. The van der Waals surface area contributed by atoms with Gasteiger partial charge in [-0.3, -0.25) is 0 Å². The van der Waals surface area contributed by atoms with E-state index in [9.17, 15) is 0 Å². The first-order chi connectivity index (χ1) is 5.25. The van der Waals surface area contributed by atoms with Crippen LogP contribution in [0.15, 0.2) is 6.33 Å². The summed E-state index contributed by atoms with van der Waals surface area (Å²) in [4.78, 5) is 4.19. The highest BCUT2D eigenvalue weighted by molar-refractivity contribution is 5.85. The van der Waals surface area contributed by atoms with Crippen molar-refractivity contribution in [3.05, 3.63) is 17.7 Å². The molecular formula is C8H17Cl2N3. The van der Waals surface area contributed by atoms with Crippen LogP contribution in [-0.4, -0.2) is 16.1 Å².